The lowest BCUT2D eigenvalue weighted by atomic mass is 10.0. The zero-order chi connectivity index (χ0) is 9.80. The summed E-state index contributed by atoms with van der Waals surface area (Å²) in [6, 6.07) is 9.18. The van der Waals surface area contributed by atoms with Gasteiger partial charge in [0.15, 0.2) is 0 Å². The van der Waals surface area contributed by atoms with Crippen LogP contribution in [-0.2, 0) is 11.2 Å². The average molecular weight is 191 g/mol. The topological polar surface area (TPSA) is 21.3 Å². The molecular formula is C12H17NO. The molecule has 1 aliphatic rings. The summed E-state index contributed by atoms with van der Waals surface area (Å²) in [5.41, 5.74) is 2.73. The summed E-state index contributed by atoms with van der Waals surface area (Å²) >= 11 is 0. The van der Waals surface area contributed by atoms with Gasteiger partial charge < -0.3 is 10.1 Å². The highest BCUT2D eigenvalue weighted by molar-refractivity contribution is 5.25. The smallest absolute Gasteiger partial charge is 0.0662 e. The number of ether oxygens (including phenoxy) is 1. The minimum absolute atomic E-state index is 0.384. The zero-order valence-corrected chi connectivity index (χ0v) is 8.62. The molecule has 1 heterocycles. The van der Waals surface area contributed by atoms with Crippen LogP contribution in [0, 0.1) is 0 Å². The maximum Gasteiger partial charge on any atom is 0.0662 e. The molecule has 1 N–H and O–H groups in total. The average Bonchev–Trinajstić information content (AvgIpc) is 2.30. The fraction of sp³-hybridized carbons (Fsp3) is 0.500. The van der Waals surface area contributed by atoms with Gasteiger partial charge in [0.2, 0.25) is 0 Å². The Labute approximate surface area is 85.3 Å². The maximum atomic E-state index is 5.43. The molecule has 1 aromatic rings. The highest BCUT2D eigenvalue weighted by Gasteiger charge is 2.14. The summed E-state index contributed by atoms with van der Waals surface area (Å²) in [7, 11) is 0. The van der Waals surface area contributed by atoms with Gasteiger partial charge in [-0.25, -0.2) is 0 Å². The van der Waals surface area contributed by atoms with Gasteiger partial charge in [-0.2, -0.15) is 0 Å². The molecule has 0 aliphatic carbocycles. The van der Waals surface area contributed by atoms with E-state index in [0.717, 1.165) is 26.2 Å². The molecule has 2 rings (SSSR count). The van der Waals surface area contributed by atoms with E-state index in [9.17, 15) is 0 Å². The number of hydrogen-bond donors (Lipinski definition) is 1. The third-order valence-corrected chi connectivity index (χ3v) is 2.71. The first kappa shape index (κ1) is 9.69. The number of hydrogen-bond acceptors (Lipinski definition) is 2. The predicted octanol–water partition coefficient (Wildman–Crippen LogP) is 1.91. The Balaban J connectivity index is 2.07. The van der Waals surface area contributed by atoms with Crippen molar-refractivity contribution >= 4 is 0 Å². The van der Waals surface area contributed by atoms with Gasteiger partial charge in [0.1, 0.15) is 0 Å². The van der Waals surface area contributed by atoms with Crippen molar-refractivity contribution in [2.24, 2.45) is 0 Å². The number of morpholine rings is 1. The zero-order valence-electron chi connectivity index (χ0n) is 8.62. The number of nitrogens with one attached hydrogen (secondary N) is 1. The molecule has 14 heavy (non-hydrogen) atoms. The summed E-state index contributed by atoms with van der Waals surface area (Å²) in [5, 5.41) is 3.45. The quantitative estimate of drug-likeness (QED) is 0.771. The minimum Gasteiger partial charge on any atom is -0.378 e. The molecule has 2 nitrogen and oxygen atoms in total. The molecule has 0 aromatic heterocycles. The van der Waals surface area contributed by atoms with Crippen molar-refractivity contribution in [3.8, 4) is 0 Å². The number of aryl methyl sites for hydroxylation is 1. The SMILES string of the molecule is CCc1ccc(C2COCCN2)cc1. The fourth-order valence-electron chi connectivity index (χ4n) is 1.77. The molecule has 1 unspecified atom stereocenters. The van der Waals surface area contributed by atoms with E-state index < -0.39 is 0 Å². The Morgan fingerprint density at radius 2 is 2.14 bits per heavy atom. The third-order valence-electron chi connectivity index (χ3n) is 2.71. The van der Waals surface area contributed by atoms with Crippen LogP contribution in [0.25, 0.3) is 0 Å². The highest BCUT2D eigenvalue weighted by atomic mass is 16.5. The molecule has 0 saturated carbocycles. The van der Waals surface area contributed by atoms with Crippen LogP contribution in [0.3, 0.4) is 0 Å². The maximum absolute atomic E-state index is 5.43. The van der Waals surface area contributed by atoms with Crippen molar-refractivity contribution in [2.75, 3.05) is 19.8 Å². The van der Waals surface area contributed by atoms with E-state index in [1.165, 1.54) is 11.1 Å². The second kappa shape index (κ2) is 4.58. The van der Waals surface area contributed by atoms with E-state index in [4.69, 9.17) is 4.74 Å². The van der Waals surface area contributed by atoms with E-state index in [1.807, 2.05) is 0 Å². The summed E-state index contributed by atoms with van der Waals surface area (Å²) < 4.78 is 5.43. The first-order valence-corrected chi connectivity index (χ1v) is 5.30. The van der Waals surface area contributed by atoms with E-state index in [-0.39, 0.29) is 0 Å². The van der Waals surface area contributed by atoms with Gasteiger partial charge in [0, 0.05) is 6.54 Å². The van der Waals surface area contributed by atoms with Gasteiger partial charge in [-0.05, 0) is 17.5 Å². The van der Waals surface area contributed by atoms with Crippen LogP contribution in [0.1, 0.15) is 24.1 Å². The van der Waals surface area contributed by atoms with Crippen LogP contribution in [0.2, 0.25) is 0 Å². The molecule has 76 valence electrons. The molecule has 0 bridgehead atoms. The molecule has 1 fully saturated rings. The van der Waals surface area contributed by atoms with Crippen molar-refractivity contribution < 1.29 is 4.74 Å². The van der Waals surface area contributed by atoms with Crippen LogP contribution in [0.4, 0.5) is 0 Å². The summed E-state index contributed by atoms with van der Waals surface area (Å²) in [6.45, 7) is 4.77. The molecule has 0 radical (unpaired) electrons. The minimum atomic E-state index is 0.384. The summed E-state index contributed by atoms with van der Waals surface area (Å²) in [5.74, 6) is 0. The van der Waals surface area contributed by atoms with Crippen LogP contribution in [-0.4, -0.2) is 19.8 Å². The lowest BCUT2D eigenvalue weighted by Crippen LogP contribution is -2.34. The van der Waals surface area contributed by atoms with Gasteiger partial charge >= 0.3 is 0 Å². The fourth-order valence-corrected chi connectivity index (χ4v) is 1.77. The van der Waals surface area contributed by atoms with Gasteiger partial charge in [0.05, 0.1) is 19.3 Å². The van der Waals surface area contributed by atoms with Gasteiger partial charge in [-0.3, -0.25) is 0 Å². The second-order valence-corrected chi connectivity index (χ2v) is 3.68. The van der Waals surface area contributed by atoms with Crippen LogP contribution >= 0.6 is 0 Å². The molecular weight excluding hydrogens is 174 g/mol. The monoisotopic (exact) mass is 191 g/mol. The molecule has 0 spiro atoms. The van der Waals surface area contributed by atoms with Crippen molar-refractivity contribution in [2.45, 2.75) is 19.4 Å². The molecule has 1 aromatic carbocycles. The Bertz CT molecular complexity index is 275. The van der Waals surface area contributed by atoms with Crippen molar-refractivity contribution in [1.82, 2.24) is 5.32 Å². The lowest BCUT2D eigenvalue weighted by Gasteiger charge is -2.24. The first-order valence-electron chi connectivity index (χ1n) is 5.30. The molecule has 0 amide bonds. The summed E-state index contributed by atoms with van der Waals surface area (Å²) in [6.07, 6.45) is 1.11. The van der Waals surface area contributed by atoms with Gasteiger partial charge in [-0.1, -0.05) is 31.2 Å². The van der Waals surface area contributed by atoms with E-state index >= 15 is 0 Å². The molecule has 1 saturated heterocycles. The largest absolute Gasteiger partial charge is 0.378 e. The number of benzene rings is 1. The van der Waals surface area contributed by atoms with Crippen molar-refractivity contribution in [3.63, 3.8) is 0 Å². The van der Waals surface area contributed by atoms with Crippen LogP contribution in [0.15, 0.2) is 24.3 Å². The number of rotatable bonds is 2. The van der Waals surface area contributed by atoms with E-state index in [1.54, 1.807) is 0 Å². The Morgan fingerprint density at radius 1 is 1.36 bits per heavy atom. The van der Waals surface area contributed by atoms with Gasteiger partial charge in [-0.15, -0.1) is 0 Å². The van der Waals surface area contributed by atoms with Crippen LogP contribution < -0.4 is 5.32 Å². The Kier molecular flexibility index (Phi) is 3.17. The Hall–Kier alpha value is -0.860. The lowest BCUT2D eigenvalue weighted by molar-refractivity contribution is 0.0769. The standard InChI is InChI=1S/C12H17NO/c1-2-10-3-5-11(6-4-10)12-9-14-8-7-13-12/h3-6,12-13H,2,7-9H2,1H3. The molecule has 2 heteroatoms. The van der Waals surface area contributed by atoms with Crippen molar-refractivity contribution in [3.05, 3.63) is 35.4 Å². The normalized spacial score (nSPS) is 22.2. The molecule has 1 atom stereocenters. The van der Waals surface area contributed by atoms with Crippen LogP contribution in [0.5, 0.6) is 0 Å². The van der Waals surface area contributed by atoms with Gasteiger partial charge in [0.25, 0.3) is 0 Å². The van der Waals surface area contributed by atoms with E-state index in [2.05, 4.69) is 36.5 Å². The molecule has 1 aliphatic heterocycles. The second-order valence-electron chi connectivity index (χ2n) is 3.68. The first-order chi connectivity index (χ1) is 6.90. The predicted molar refractivity (Wildman–Crippen MR) is 57.4 cm³/mol. The van der Waals surface area contributed by atoms with Crippen molar-refractivity contribution in [1.29, 1.82) is 0 Å². The highest BCUT2D eigenvalue weighted by Crippen LogP contribution is 2.16. The Morgan fingerprint density at radius 3 is 2.71 bits per heavy atom. The van der Waals surface area contributed by atoms with E-state index in [0.29, 0.717) is 6.04 Å². The third kappa shape index (κ3) is 2.14. The summed E-state index contributed by atoms with van der Waals surface area (Å²) in [4.78, 5) is 0.